The summed E-state index contributed by atoms with van der Waals surface area (Å²) >= 11 is 0. The Balaban J connectivity index is 1.30. The van der Waals surface area contributed by atoms with E-state index in [0.29, 0.717) is 47.7 Å². The van der Waals surface area contributed by atoms with Gasteiger partial charge in [-0.1, -0.05) is 19.3 Å². The topological polar surface area (TPSA) is 78.6 Å². The Labute approximate surface area is 226 Å². The number of hydrogen-bond donors (Lipinski definition) is 0. The predicted octanol–water partition coefficient (Wildman–Crippen LogP) is 6.89. The maximum absolute atomic E-state index is 15.2. The van der Waals surface area contributed by atoms with Gasteiger partial charge in [-0.15, -0.1) is 0 Å². The lowest BCUT2D eigenvalue weighted by Crippen LogP contribution is -2.21. The fraction of sp³-hybridized carbons (Fsp3) is 0.500. The highest BCUT2D eigenvalue weighted by molar-refractivity contribution is 5.87. The van der Waals surface area contributed by atoms with Crippen molar-refractivity contribution in [2.75, 3.05) is 6.61 Å². The van der Waals surface area contributed by atoms with Crippen molar-refractivity contribution in [3.8, 4) is 11.3 Å². The third-order valence-corrected chi connectivity index (χ3v) is 8.50. The summed E-state index contributed by atoms with van der Waals surface area (Å²) in [7, 11) is 0. The second kappa shape index (κ2) is 10.0. The van der Waals surface area contributed by atoms with E-state index < -0.39 is 11.6 Å². The maximum Gasteiger partial charge on any atom is 0.182 e. The SMILES string of the molecule is Cc1nc2nc([C@H]3CCO[C@H](c4cnn(C5CC5)c4)C3)nc(-c3ccc(F)cc3F)c2nc1C1CCCCC1. The van der Waals surface area contributed by atoms with Gasteiger partial charge >= 0.3 is 0 Å². The minimum absolute atomic E-state index is 0.000174. The van der Waals surface area contributed by atoms with E-state index in [-0.39, 0.29) is 17.6 Å². The smallest absolute Gasteiger partial charge is 0.182 e. The summed E-state index contributed by atoms with van der Waals surface area (Å²) < 4.78 is 37.2. The summed E-state index contributed by atoms with van der Waals surface area (Å²) in [6.45, 7) is 2.55. The highest BCUT2D eigenvalue weighted by atomic mass is 19.1. The van der Waals surface area contributed by atoms with Crippen LogP contribution in [0.1, 0.15) is 105 Å². The van der Waals surface area contributed by atoms with E-state index in [1.807, 2.05) is 17.8 Å². The van der Waals surface area contributed by atoms with Crippen LogP contribution in [0, 0.1) is 18.6 Å². The van der Waals surface area contributed by atoms with Crippen LogP contribution < -0.4 is 0 Å². The van der Waals surface area contributed by atoms with Crippen LogP contribution >= 0.6 is 0 Å². The van der Waals surface area contributed by atoms with Gasteiger partial charge < -0.3 is 4.74 Å². The van der Waals surface area contributed by atoms with Crippen molar-refractivity contribution in [3.05, 3.63) is 65.0 Å². The number of ether oxygens (including phenoxy) is 1. The molecular formula is C30H32F2N6O. The zero-order valence-electron chi connectivity index (χ0n) is 22.1. The predicted molar refractivity (Wildman–Crippen MR) is 142 cm³/mol. The first-order valence-corrected chi connectivity index (χ1v) is 14.2. The van der Waals surface area contributed by atoms with Crippen molar-refractivity contribution in [1.82, 2.24) is 29.7 Å². The van der Waals surface area contributed by atoms with Crippen molar-refractivity contribution in [2.24, 2.45) is 0 Å². The molecule has 4 heterocycles. The highest BCUT2D eigenvalue weighted by Crippen LogP contribution is 2.40. The van der Waals surface area contributed by atoms with Crippen molar-refractivity contribution < 1.29 is 13.5 Å². The van der Waals surface area contributed by atoms with Gasteiger partial charge in [0.2, 0.25) is 0 Å². The molecule has 0 amide bonds. The lowest BCUT2D eigenvalue weighted by Gasteiger charge is -2.28. The molecule has 4 aromatic rings. The number of aryl methyl sites for hydroxylation is 1. The number of fused-ring (bicyclic) bond motifs is 1. The second-order valence-electron chi connectivity index (χ2n) is 11.3. The first-order valence-electron chi connectivity index (χ1n) is 14.2. The van der Waals surface area contributed by atoms with Crippen molar-refractivity contribution in [2.45, 2.75) is 88.7 Å². The summed E-state index contributed by atoms with van der Waals surface area (Å²) in [6.07, 6.45) is 13.4. The molecular weight excluding hydrogens is 498 g/mol. The summed E-state index contributed by atoms with van der Waals surface area (Å²) in [5, 5.41) is 4.53. The van der Waals surface area contributed by atoms with Gasteiger partial charge in [0.25, 0.3) is 0 Å². The average Bonchev–Trinajstić information content (AvgIpc) is 3.69. The lowest BCUT2D eigenvalue weighted by atomic mass is 9.86. The molecule has 9 heteroatoms. The van der Waals surface area contributed by atoms with Crippen LogP contribution in [0.4, 0.5) is 8.78 Å². The van der Waals surface area contributed by atoms with Gasteiger partial charge in [-0.2, -0.15) is 5.10 Å². The number of benzene rings is 1. The fourth-order valence-electron chi connectivity index (χ4n) is 6.19. The van der Waals surface area contributed by atoms with E-state index in [9.17, 15) is 4.39 Å². The second-order valence-corrected chi connectivity index (χ2v) is 11.3. The van der Waals surface area contributed by atoms with Crippen molar-refractivity contribution in [3.63, 3.8) is 0 Å². The normalized spacial score (nSPS) is 22.4. The molecule has 1 aromatic carbocycles. The van der Waals surface area contributed by atoms with Gasteiger partial charge in [-0.05, 0) is 57.6 Å². The Hall–Kier alpha value is -3.33. The molecule has 2 atom stereocenters. The van der Waals surface area contributed by atoms with E-state index in [0.717, 1.165) is 42.3 Å². The summed E-state index contributed by atoms with van der Waals surface area (Å²) in [4.78, 5) is 19.7. The highest BCUT2D eigenvalue weighted by Gasteiger charge is 2.31. The standard InChI is InChI=1S/C30H32F2N6O/c1-17-26(18-5-3-2-4-6-18)35-28-27(23-10-7-21(31)14-24(23)32)36-29(37-30(28)34-17)19-11-12-39-25(13-19)20-15-33-38(16-20)22-8-9-22/h7,10,14-16,18-19,22,25H,2-6,8-9,11-13H2,1H3/t19-,25-/m0/s1. The molecule has 3 fully saturated rings. The largest absolute Gasteiger partial charge is 0.373 e. The van der Waals surface area contributed by atoms with Crippen LogP contribution in [0.15, 0.2) is 30.6 Å². The third kappa shape index (κ3) is 4.81. The van der Waals surface area contributed by atoms with Crippen LogP contribution in [0.25, 0.3) is 22.4 Å². The van der Waals surface area contributed by atoms with Gasteiger partial charge in [0.15, 0.2) is 5.65 Å². The molecule has 7 rings (SSSR count). The van der Waals surface area contributed by atoms with Gasteiger partial charge in [0, 0.05) is 41.8 Å². The Morgan fingerprint density at radius 1 is 0.923 bits per heavy atom. The lowest BCUT2D eigenvalue weighted by molar-refractivity contribution is 0.00396. The molecule has 3 aliphatic rings. The van der Waals surface area contributed by atoms with E-state index in [4.69, 9.17) is 24.7 Å². The van der Waals surface area contributed by atoms with Gasteiger partial charge in [-0.25, -0.2) is 28.7 Å². The third-order valence-electron chi connectivity index (χ3n) is 8.50. The summed E-state index contributed by atoms with van der Waals surface area (Å²) in [5.74, 6) is -0.365. The van der Waals surface area contributed by atoms with E-state index in [2.05, 4.69) is 11.3 Å². The van der Waals surface area contributed by atoms with Crippen LogP contribution in [0.5, 0.6) is 0 Å². The Kier molecular flexibility index (Phi) is 6.34. The number of rotatable bonds is 5. The first-order chi connectivity index (χ1) is 19.0. The zero-order chi connectivity index (χ0) is 26.5. The molecule has 1 saturated heterocycles. The number of nitrogens with zero attached hydrogens (tertiary/aromatic N) is 6. The number of halogens is 2. The van der Waals surface area contributed by atoms with Crippen molar-refractivity contribution in [1.29, 1.82) is 0 Å². The fourth-order valence-corrected chi connectivity index (χ4v) is 6.19. The van der Waals surface area contributed by atoms with Crippen LogP contribution in [-0.4, -0.2) is 36.3 Å². The molecule has 202 valence electrons. The monoisotopic (exact) mass is 530 g/mol. The van der Waals surface area contributed by atoms with Crippen LogP contribution in [0.3, 0.4) is 0 Å². The molecule has 7 nitrogen and oxygen atoms in total. The van der Waals surface area contributed by atoms with E-state index >= 15 is 4.39 Å². The molecule has 39 heavy (non-hydrogen) atoms. The molecule has 2 saturated carbocycles. The number of aromatic nitrogens is 6. The molecule has 0 spiro atoms. The molecule has 0 N–H and O–H groups in total. The maximum atomic E-state index is 15.2. The minimum atomic E-state index is -0.667. The zero-order valence-corrected chi connectivity index (χ0v) is 22.1. The number of hydrogen-bond acceptors (Lipinski definition) is 6. The van der Waals surface area contributed by atoms with Gasteiger partial charge in [-0.3, -0.25) is 4.68 Å². The molecule has 1 aliphatic heterocycles. The first kappa shape index (κ1) is 24.7. The van der Waals surface area contributed by atoms with Gasteiger partial charge in [0.1, 0.15) is 28.7 Å². The Morgan fingerprint density at radius 2 is 1.77 bits per heavy atom. The molecule has 0 radical (unpaired) electrons. The molecule has 2 aliphatic carbocycles. The Morgan fingerprint density at radius 3 is 2.56 bits per heavy atom. The Bertz CT molecular complexity index is 1530. The molecule has 0 unspecified atom stereocenters. The molecule has 0 bridgehead atoms. The summed E-state index contributed by atoms with van der Waals surface area (Å²) in [6, 6.07) is 4.11. The van der Waals surface area contributed by atoms with Crippen LogP contribution in [0.2, 0.25) is 0 Å². The average molecular weight is 531 g/mol. The quantitative estimate of drug-likeness (QED) is 0.280. The van der Waals surface area contributed by atoms with Gasteiger partial charge in [0.05, 0.1) is 29.7 Å². The summed E-state index contributed by atoms with van der Waals surface area (Å²) in [5.41, 5.74) is 4.40. The van der Waals surface area contributed by atoms with E-state index in [1.54, 1.807) is 0 Å². The van der Waals surface area contributed by atoms with E-state index in [1.165, 1.54) is 44.2 Å². The van der Waals surface area contributed by atoms with Crippen molar-refractivity contribution >= 4 is 11.2 Å². The van der Waals surface area contributed by atoms with Crippen LogP contribution in [-0.2, 0) is 4.74 Å². The minimum Gasteiger partial charge on any atom is -0.373 e. The molecule has 3 aromatic heterocycles.